The van der Waals surface area contributed by atoms with Crippen molar-refractivity contribution in [2.75, 3.05) is 0 Å². The van der Waals surface area contributed by atoms with E-state index in [1.807, 2.05) is 0 Å². The largest absolute Gasteiger partial charge is 0.412 e. The maximum atomic E-state index is 8.25. The van der Waals surface area contributed by atoms with Crippen molar-refractivity contribution in [1.82, 2.24) is 0 Å². The van der Waals surface area contributed by atoms with Crippen molar-refractivity contribution in [3.8, 4) is 0 Å². The predicted octanol–water partition coefficient (Wildman–Crippen LogP) is -2.72. The quantitative estimate of drug-likeness (QED) is 0.220. The van der Waals surface area contributed by atoms with Crippen LogP contribution < -0.4 is 0 Å². The van der Waals surface area contributed by atoms with E-state index in [1.54, 1.807) is 0 Å². The van der Waals surface area contributed by atoms with Crippen molar-refractivity contribution in [3.05, 3.63) is 15.3 Å². The molecule has 6 N–H and O–H groups in total. The third-order valence-corrected chi connectivity index (χ3v) is 0. The van der Waals surface area contributed by atoms with E-state index in [4.69, 9.17) is 15.3 Å². The van der Waals surface area contributed by atoms with Crippen molar-refractivity contribution in [1.29, 1.82) is 0 Å². The van der Waals surface area contributed by atoms with Gasteiger partial charge < -0.3 is 31.8 Å². The minimum atomic E-state index is -1.75. The van der Waals surface area contributed by atoms with Gasteiger partial charge in [0.1, 0.15) is 0 Å². The average molecular weight is 171 g/mol. The van der Waals surface area contributed by atoms with Crippen molar-refractivity contribution in [2.45, 2.75) is 0 Å². The summed E-state index contributed by atoms with van der Waals surface area (Å²) in [6.45, 7) is 0. The summed E-state index contributed by atoms with van der Waals surface area (Å²) in [5.74, 6) is 0. The molecule has 0 unspecified atom stereocenters. The average Bonchev–Trinajstić information content (AvgIpc) is 0.811. The summed E-state index contributed by atoms with van der Waals surface area (Å²) in [5, 5.41) is 14.8. The van der Waals surface area contributed by atoms with E-state index in [1.165, 1.54) is 0 Å². The summed E-state index contributed by atoms with van der Waals surface area (Å²) < 4.78 is 0. The topological polar surface area (TPSA) is 161 Å². The van der Waals surface area contributed by atoms with Gasteiger partial charge in [-0.2, -0.15) is 0 Å². The van der Waals surface area contributed by atoms with Gasteiger partial charge in [-0.3, -0.25) is 0 Å². The molecule has 0 aromatic rings. The summed E-state index contributed by atoms with van der Waals surface area (Å²) >= 11 is 0. The van der Waals surface area contributed by atoms with E-state index in [-0.39, 0.29) is 33.5 Å². The number of hydrogen-bond donors (Lipinski definition) is 0. The van der Waals surface area contributed by atoms with Crippen molar-refractivity contribution >= 4 is 0 Å². The van der Waals surface area contributed by atoms with Crippen molar-refractivity contribution in [2.24, 2.45) is 0 Å². The zero-order chi connectivity index (χ0) is 3.58. The molecule has 0 spiro atoms. The fourth-order valence-electron chi connectivity index (χ4n) is 0. The summed E-state index contributed by atoms with van der Waals surface area (Å²) in [6, 6.07) is 0. The van der Waals surface area contributed by atoms with E-state index in [2.05, 4.69) is 0 Å². The molecule has 1 radical (unpaired) electrons. The van der Waals surface area contributed by atoms with Gasteiger partial charge in [0.25, 0.3) is 0 Å². The molecule has 0 atom stereocenters. The molecule has 0 aromatic carbocycles. The molecule has 0 amide bonds. The molecule has 0 rings (SSSR count). The van der Waals surface area contributed by atoms with Crippen LogP contribution in [0.5, 0.6) is 0 Å². The molecule has 0 saturated carbocycles. The smallest absolute Gasteiger partial charge is 0.0689 e. The van der Waals surface area contributed by atoms with Crippen LogP contribution >= 0.6 is 0 Å². The molecule has 7 nitrogen and oxygen atoms in total. The molecule has 0 saturated heterocycles. The van der Waals surface area contributed by atoms with Gasteiger partial charge in [0.2, 0.25) is 0 Å². The summed E-state index contributed by atoms with van der Waals surface area (Å²) in [4.78, 5) is 8.25. The van der Waals surface area contributed by atoms with E-state index in [0.29, 0.717) is 0 Å². The Morgan fingerprint density at radius 3 is 1.00 bits per heavy atom. The van der Waals surface area contributed by atoms with Crippen LogP contribution in [-0.2, 0) is 17.1 Å². The Morgan fingerprint density at radius 1 is 1.00 bits per heavy atom. The second-order valence-corrected chi connectivity index (χ2v) is 0.224. The van der Waals surface area contributed by atoms with Gasteiger partial charge in [-0.25, -0.2) is 0 Å². The monoisotopic (exact) mass is 171 g/mol. The van der Waals surface area contributed by atoms with Gasteiger partial charge in [-0.1, -0.05) is 0 Å². The van der Waals surface area contributed by atoms with Crippen LogP contribution in [0, 0.1) is 15.3 Å². The van der Waals surface area contributed by atoms with Crippen molar-refractivity contribution in [3.63, 3.8) is 0 Å². The molecule has 0 bridgehead atoms. The van der Waals surface area contributed by atoms with E-state index in [9.17, 15) is 0 Å². The predicted molar refractivity (Wildman–Crippen MR) is 21.2 cm³/mol. The Balaban J connectivity index is -0.00000000750. The van der Waals surface area contributed by atoms with Crippen LogP contribution in [-0.4, -0.2) is 21.5 Å². The maximum Gasteiger partial charge on any atom is 0.0689 e. The van der Waals surface area contributed by atoms with Crippen LogP contribution in [0.4, 0.5) is 0 Å². The Morgan fingerprint density at radius 2 is 1.00 bits per heavy atom. The summed E-state index contributed by atoms with van der Waals surface area (Å²) in [7, 11) is 0. The van der Waals surface area contributed by atoms with Crippen LogP contribution in [0.2, 0.25) is 0 Å². The van der Waals surface area contributed by atoms with Crippen LogP contribution in [0.3, 0.4) is 0 Å². The molecule has 55 valence electrons. The first-order chi connectivity index (χ1) is 1.73. The van der Waals surface area contributed by atoms with Crippen LogP contribution in [0.1, 0.15) is 0 Å². The molecule has 8 heavy (non-hydrogen) atoms. The fraction of sp³-hybridized carbons (Fsp3) is 0. The SMILES string of the molecule is O.O.O.O=[N+]([O-])[O-].[Mn]. The summed E-state index contributed by atoms with van der Waals surface area (Å²) in [6.07, 6.45) is 0. The van der Waals surface area contributed by atoms with Gasteiger partial charge in [-0.15, -0.1) is 0 Å². The van der Waals surface area contributed by atoms with Crippen molar-refractivity contribution < 1.29 is 38.6 Å². The molecule has 0 heterocycles. The normalized spacial score (nSPS) is 3.00. The Hall–Kier alpha value is -0.401. The minimum absolute atomic E-state index is 0. The zero-order valence-corrected chi connectivity index (χ0v) is 4.73. The maximum absolute atomic E-state index is 8.25. The Labute approximate surface area is 54.8 Å². The van der Waals surface area contributed by atoms with Gasteiger partial charge in [-0.05, 0) is 0 Å². The third-order valence-electron chi connectivity index (χ3n) is 0. The first-order valence-electron chi connectivity index (χ1n) is 0.548. The third kappa shape index (κ3) is 738. The van der Waals surface area contributed by atoms with Crippen LogP contribution in [0.25, 0.3) is 0 Å². The second kappa shape index (κ2) is 30.6. The molecule has 0 aliphatic heterocycles. The molecule has 0 fully saturated rings. The second-order valence-electron chi connectivity index (χ2n) is 0.224. The van der Waals surface area contributed by atoms with Gasteiger partial charge >= 0.3 is 0 Å². The van der Waals surface area contributed by atoms with Crippen LogP contribution in [0.15, 0.2) is 0 Å². The Bertz CT molecular complexity index is 31.5. The van der Waals surface area contributed by atoms with Gasteiger partial charge in [0.05, 0.1) is 5.09 Å². The molecule has 0 aliphatic carbocycles. The number of hydrogen-bond acceptors (Lipinski definition) is 3. The fourth-order valence-corrected chi connectivity index (χ4v) is 0. The molecular formula is H6MnNO6-. The van der Waals surface area contributed by atoms with E-state index in [0.717, 1.165) is 0 Å². The molecular weight excluding hydrogens is 165 g/mol. The molecule has 8 heteroatoms. The van der Waals surface area contributed by atoms with Gasteiger partial charge in [0.15, 0.2) is 0 Å². The minimum Gasteiger partial charge on any atom is -0.412 e. The number of rotatable bonds is 0. The van der Waals surface area contributed by atoms with E-state index < -0.39 is 5.09 Å². The number of nitrogens with zero attached hydrogens (tertiary/aromatic N) is 1. The Kier molecular flexibility index (Phi) is 187. The summed E-state index contributed by atoms with van der Waals surface area (Å²) in [5.41, 5.74) is 0. The van der Waals surface area contributed by atoms with E-state index >= 15 is 0 Å². The molecule has 0 aliphatic rings. The van der Waals surface area contributed by atoms with Gasteiger partial charge in [0, 0.05) is 17.1 Å². The first-order valence-corrected chi connectivity index (χ1v) is 0.548. The molecule has 0 aromatic heterocycles. The standard InChI is InChI=1S/Mn.NO3.3H2O/c;2-1(3)4;;;/h;;3*1H2/q;-1;;;. The zero-order valence-electron chi connectivity index (χ0n) is 3.55. The first kappa shape index (κ1) is 49.0.